The Balaban J connectivity index is 2.07. The third-order valence-corrected chi connectivity index (χ3v) is 3.33. The van der Waals surface area contributed by atoms with Crippen molar-refractivity contribution in [3.05, 3.63) is 0 Å². The second kappa shape index (κ2) is 3.86. The number of likely N-dealkylation sites (tertiary alicyclic amines) is 2. The molecule has 2 N–H and O–H groups in total. The van der Waals surface area contributed by atoms with E-state index in [4.69, 9.17) is 5.73 Å². The molecule has 6 nitrogen and oxygen atoms in total. The Bertz CT molecular complexity index is 331. The molecule has 88 valence electrons. The van der Waals surface area contributed by atoms with E-state index in [1.807, 2.05) is 0 Å². The molecule has 0 saturated carbocycles. The van der Waals surface area contributed by atoms with Gasteiger partial charge in [0.15, 0.2) is 0 Å². The number of hydrogen-bond donors (Lipinski definition) is 1. The molecular weight excluding hydrogens is 210 g/mol. The number of carbonyl (C=O) groups excluding carboxylic acids is 3. The molecule has 0 bridgehead atoms. The predicted molar refractivity (Wildman–Crippen MR) is 55.0 cm³/mol. The van der Waals surface area contributed by atoms with Gasteiger partial charge in [-0.15, -0.1) is 0 Å². The summed E-state index contributed by atoms with van der Waals surface area (Å²) >= 11 is 0. The first kappa shape index (κ1) is 11.1. The fraction of sp³-hybridized carbons (Fsp3) is 0.700. The van der Waals surface area contributed by atoms with E-state index in [0.717, 1.165) is 0 Å². The average Bonchev–Trinajstić information content (AvgIpc) is 2.77. The van der Waals surface area contributed by atoms with Gasteiger partial charge in [-0.25, -0.2) is 0 Å². The normalized spacial score (nSPS) is 28.9. The lowest BCUT2D eigenvalue weighted by Crippen LogP contribution is -2.36. The van der Waals surface area contributed by atoms with Gasteiger partial charge < -0.3 is 10.6 Å². The monoisotopic (exact) mass is 225 g/mol. The van der Waals surface area contributed by atoms with Gasteiger partial charge in [0.25, 0.3) is 0 Å². The molecule has 0 aliphatic carbocycles. The molecule has 0 unspecified atom stereocenters. The van der Waals surface area contributed by atoms with E-state index in [0.29, 0.717) is 19.6 Å². The van der Waals surface area contributed by atoms with Crippen LogP contribution in [-0.4, -0.2) is 54.2 Å². The van der Waals surface area contributed by atoms with E-state index < -0.39 is 0 Å². The number of imide groups is 1. The maximum Gasteiger partial charge on any atom is 0.234 e. The molecule has 0 aromatic carbocycles. The summed E-state index contributed by atoms with van der Waals surface area (Å²) in [5.74, 6) is -1.07. The van der Waals surface area contributed by atoms with E-state index in [1.54, 1.807) is 4.90 Å². The SMILES string of the molecule is CN1C(=O)[C@@H]2CN(C(=O)CCN)C[C@H]2C1=O. The molecule has 2 aliphatic rings. The molecule has 0 aromatic heterocycles. The van der Waals surface area contributed by atoms with Crippen molar-refractivity contribution in [3.63, 3.8) is 0 Å². The summed E-state index contributed by atoms with van der Waals surface area (Å²) in [4.78, 5) is 37.7. The second-order valence-electron chi connectivity index (χ2n) is 4.29. The Labute approximate surface area is 93.4 Å². The van der Waals surface area contributed by atoms with E-state index in [1.165, 1.54) is 11.9 Å². The summed E-state index contributed by atoms with van der Waals surface area (Å²) in [6.07, 6.45) is 0.275. The maximum atomic E-state index is 11.7. The minimum atomic E-state index is -0.334. The standard InChI is InChI=1S/C10H15N3O3/c1-12-9(15)6-4-13(8(14)2-3-11)5-7(6)10(12)16/h6-7H,2-5,11H2,1H3/t6-,7-/m1/s1. The zero-order valence-corrected chi connectivity index (χ0v) is 9.18. The number of carbonyl (C=O) groups is 3. The lowest BCUT2D eigenvalue weighted by atomic mass is 10.00. The van der Waals surface area contributed by atoms with Gasteiger partial charge in [0.05, 0.1) is 11.8 Å². The number of nitrogens with zero attached hydrogens (tertiary/aromatic N) is 2. The first-order valence-corrected chi connectivity index (χ1v) is 5.35. The van der Waals surface area contributed by atoms with Crippen molar-refractivity contribution < 1.29 is 14.4 Å². The van der Waals surface area contributed by atoms with Crippen LogP contribution >= 0.6 is 0 Å². The van der Waals surface area contributed by atoms with Gasteiger partial charge in [0, 0.05) is 33.1 Å². The predicted octanol–water partition coefficient (Wildman–Crippen LogP) is -1.59. The molecule has 2 rings (SSSR count). The molecule has 6 heteroatoms. The molecule has 16 heavy (non-hydrogen) atoms. The van der Waals surface area contributed by atoms with E-state index in [9.17, 15) is 14.4 Å². The van der Waals surface area contributed by atoms with Crippen LogP contribution in [0.25, 0.3) is 0 Å². The Hall–Kier alpha value is -1.43. The third kappa shape index (κ3) is 1.49. The van der Waals surface area contributed by atoms with E-state index in [2.05, 4.69) is 0 Å². The highest BCUT2D eigenvalue weighted by Crippen LogP contribution is 2.32. The van der Waals surface area contributed by atoms with Crippen molar-refractivity contribution in [2.24, 2.45) is 17.6 Å². The molecule has 3 amide bonds. The highest BCUT2D eigenvalue weighted by atomic mass is 16.2. The summed E-state index contributed by atoms with van der Waals surface area (Å²) in [6.45, 7) is 1.02. The van der Waals surface area contributed by atoms with Gasteiger partial charge in [-0.2, -0.15) is 0 Å². The quantitative estimate of drug-likeness (QED) is 0.574. The fourth-order valence-corrected chi connectivity index (χ4v) is 2.40. The van der Waals surface area contributed by atoms with Crippen LogP contribution in [0.5, 0.6) is 0 Å². The zero-order valence-electron chi connectivity index (χ0n) is 9.18. The highest BCUT2D eigenvalue weighted by molar-refractivity contribution is 6.06. The van der Waals surface area contributed by atoms with Crippen LogP contribution in [0.4, 0.5) is 0 Å². The number of fused-ring (bicyclic) bond motifs is 1. The highest BCUT2D eigenvalue weighted by Gasteiger charge is 2.51. The molecule has 2 fully saturated rings. The average molecular weight is 225 g/mol. The van der Waals surface area contributed by atoms with E-state index in [-0.39, 0.29) is 36.0 Å². The van der Waals surface area contributed by atoms with Crippen LogP contribution in [-0.2, 0) is 14.4 Å². The number of rotatable bonds is 2. The Morgan fingerprint density at radius 2 is 1.81 bits per heavy atom. The number of hydrogen-bond acceptors (Lipinski definition) is 4. The Morgan fingerprint density at radius 3 is 2.25 bits per heavy atom. The summed E-state index contributed by atoms with van der Waals surface area (Å²) in [5, 5.41) is 0. The minimum Gasteiger partial charge on any atom is -0.341 e. The number of nitrogens with two attached hydrogens (primary N) is 1. The first-order chi connectivity index (χ1) is 7.56. The second-order valence-corrected chi connectivity index (χ2v) is 4.29. The van der Waals surface area contributed by atoms with Crippen molar-refractivity contribution in [1.29, 1.82) is 0 Å². The molecule has 0 spiro atoms. The molecule has 2 heterocycles. The van der Waals surface area contributed by atoms with Crippen LogP contribution in [0.1, 0.15) is 6.42 Å². The van der Waals surface area contributed by atoms with Crippen molar-refractivity contribution in [2.75, 3.05) is 26.7 Å². The van der Waals surface area contributed by atoms with Crippen molar-refractivity contribution in [3.8, 4) is 0 Å². The maximum absolute atomic E-state index is 11.7. The summed E-state index contributed by atoms with van der Waals surface area (Å²) in [5.41, 5.74) is 5.30. The van der Waals surface area contributed by atoms with Gasteiger partial charge in [-0.1, -0.05) is 0 Å². The van der Waals surface area contributed by atoms with Crippen LogP contribution < -0.4 is 5.73 Å². The van der Waals surface area contributed by atoms with Gasteiger partial charge in [-0.3, -0.25) is 19.3 Å². The van der Waals surface area contributed by atoms with Crippen LogP contribution in [0.2, 0.25) is 0 Å². The summed E-state index contributed by atoms with van der Waals surface area (Å²) in [6, 6.07) is 0. The van der Waals surface area contributed by atoms with Crippen molar-refractivity contribution in [2.45, 2.75) is 6.42 Å². The molecule has 2 saturated heterocycles. The molecule has 0 aromatic rings. The lowest BCUT2D eigenvalue weighted by molar-refractivity contribution is -0.139. The molecule has 2 aliphatic heterocycles. The zero-order chi connectivity index (χ0) is 11.9. The summed E-state index contributed by atoms with van der Waals surface area (Å²) < 4.78 is 0. The third-order valence-electron chi connectivity index (χ3n) is 3.33. The van der Waals surface area contributed by atoms with Crippen LogP contribution in [0.3, 0.4) is 0 Å². The van der Waals surface area contributed by atoms with Crippen molar-refractivity contribution >= 4 is 17.7 Å². The van der Waals surface area contributed by atoms with E-state index >= 15 is 0 Å². The summed E-state index contributed by atoms with van der Waals surface area (Å²) in [7, 11) is 1.50. The smallest absolute Gasteiger partial charge is 0.234 e. The van der Waals surface area contributed by atoms with Crippen LogP contribution in [0.15, 0.2) is 0 Å². The lowest BCUT2D eigenvalue weighted by Gasteiger charge is -2.18. The van der Waals surface area contributed by atoms with Crippen molar-refractivity contribution in [1.82, 2.24) is 9.80 Å². The largest absolute Gasteiger partial charge is 0.341 e. The Morgan fingerprint density at radius 1 is 1.31 bits per heavy atom. The van der Waals surface area contributed by atoms with Crippen LogP contribution in [0, 0.1) is 11.8 Å². The minimum absolute atomic E-state index is 0.0693. The van der Waals surface area contributed by atoms with Gasteiger partial charge >= 0.3 is 0 Å². The molecular formula is C10H15N3O3. The Kier molecular flexibility index (Phi) is 2.67. The van der Waals surface area contributed by atoms with Gasteiger partial charge in [0.2, 0.25) is 17.7 Å². The molecule has 2 atom stereocenters. The van der Waals surface area contributed by atoms with Gasteiger partial charge in [-0.05, 0) is 0 Å². The topological polar surface area (TPSA) is 83.7 Å². The number of amides is 3. The van der Waals surface area contributed by atoms with Gasteiger partial charge in [0.1, 0.15) is 0 Å². The molecule has 0 radical (unpaired) electrons. The fourth-order valence-electron chi connectivity index (χ4n) is 2.40. The first-order valence-electron chi connectivity index (χ1n) is 5.35.